The lowest BCUT2D eigenvalue weighted by atomic mass is 9.80. The second-order valence-electron chi connectivity index (χ2n) is 4.03. The van der Waals surface area contributed by atoms with Gasteiger partial charge in [0, 0.05) is 7.11 Å². The normalized spacial score (nSPS) is 27.3. The van der Waals surface area contributed by atoms with E-state index in [2.05, 4.69) is 6.92 Å². The topological polar surface area (TPSA) is 35.5 Å². The average molecular weight is 200 g/mol. The summed E-state index contributed by atoms with van der Waals surface area (Å²) < 4.78 is 9.96. The lowest BCUT2D eigenvalue weighted by Gasteiger charge is -2.26. The predicted molar refractivity (Wildman–Crippen MR) is 54.0 cm³/mol. The molecule has 0 radical (unpaired) electrons. The first-order chi connectivity index (χ1) is 6.75. The van der Waals surface area contributed by atoms with Gasteiger partial charge >= 0.3 is 5.97 Å². The van der Waals surface area contributed by atoms with Crippen LogP contribution in [0.4, 0.5) is 0 Å². The molecule has 14 heavy (non-hydrogen) atoms. The van der Waals surface area contributed by atoms with Gasteiger partial charge in [0.2, 0.25) is 0 Å². The van der Waals surface area contributed by atoms with E-state index in [-0.39, 0.29) is 11.9 Å². The van der Waals surface area contributed by atoms with Crippen molar-refractivity contribution in [1.82, 2.24) is 0 Å². The third kappa shape index (κ3) is 3.29. The molecule has 0 bridgehead atoms. The van der Waals surface area contributed by atoms with Gasteiger partial charge in [0.25, 0.3) is 0 Å². The van der Waals surface area contributed by atoms with Gasteiger partial charge in [-0.2, -0.15) is 0 Å². The van der Waals surface area contributed by atoms with Gasteiger partial charge in [0.15, 0.2) is 0 Å². The number of carbonyl (C=O) groups is 1. The molecule has 0 aliphatic heterocycles. The molecule has 0 heterocycles. The monoisotopic (exact) mass is 200 g/mol. The van der Waals surface area contributed by atoms with Gasteiger partial charge in [-0.15, -0.1) is 0 Å². The highest BCUT2D eigenvalue weighted by Crippen LogP contribution is 2.30. The molecule has 2 atom stereocenters. The van der Waals surface area contributed by atoms with Gasteiger partial charge in [-0.05, 0) is 18.8 Å². The third-order valence-corrected chi connectivity index (χ3v) is 2.95. The van der Waals surface area contributed by atoms with Crippen LogP contribution in [0.5, 0.6) is 0 Å². The summed E-state index contributed by atoms with van der Waals surface area (Å²) in [5, 5.41) is 0. The van der Waals surface area contributed by atoms with Crippen LogP contribution in [-0.4, -0.2) is 26.3 Å². The van der Waals surface area contributed by atoms with Crippen LogP contribution in [0.1, 0.15) is 32.6 Å². The number of ether oxygens (including phenoxy) is 2. The molecule has 2 unspecified atom stereocenters. The largest absolute Gasteiger partial charge is 0.463 e. The molecule has 0 N–H and O–H groups in total. The summed E-state index contributed by atoms with van der Waals surface area (Å²) >= 11 is 0. The molecule has 0 saturated heterocycles. The Morgan fingerprint density at radius 2 is 2.00 bits per heavy atom. The minimum Gasteiger partial charge on any atom is -0.463 e. The quantitative estimate of drug-likeness (QED) is 0.514. The van der Waals surface area contributed by atoms with Crippen molar-refractivity contribution in [2.75, 3.05) is 20.3 Å². The van der Waals surface area contributed by atoms with E-state index in [9.17, 15) is 4.79 Å². The molecule has 0 aromatic rings. The molecule has 1 fully saturated rings. The van der Waals surface area contributed by atoms with Crippen LogP contribution >= 0.6 is 0 Å². The van der Waals surface area contributed by atoms with E-state index >= 15 is 0 Å². The Hall–Kier alpha value is -0.570. The van der Waals surface area contributed by atoms with E-state index in [1.807, 2.05) is 0 Å². The summed E-state index contributed by atoms with van der Waals surface area (Å²) in [6.07, 6.45) is 4.56. The standard InChI is InChI=1S/C11H20O3/c1-9-5-3-4-6-10(9)11(12)14-8-7-13-2/h9-10H,3-8H2,1-2H3. The second-order valence-corrected chi connectivity index (χ2v) is 4.03. The van der Waals surface area contributed by atoms with Crippen molar-refractivity contribution in [3.63, 3.8) is 0 Å². The zero-order valence-electron chi connectivity index (χ0n) is 9.12. The lowest BCUT2D eigenvalue weighted by molar-refractivity contribution is -0.152. The molecule has 1 aliphatic rings. The van der Waals surface area contributed by atoms with Crippen LogP contribution in [-0.2, 0) is 14.3 Å². The Balaban J connectivity index is 2.27. The number of hydrogen-bond donors (Lipinski definition) is 0. The molecular formula is C11H20O3. The van der Waals surface area contributed by atoms with Crippen molar-refractivity contribution in [3.8, 4) is 0 Å². The predicted octanol–water partition coefficient (Wildman–Crippen LogP) is 2.00. The van der Waals surface area contributed by atoms with E-state index in [0.29, 0.717) is 19.1 Å². The first-order valence-corrected chi connectivity index (χ1v) is 5.41. The molecule has 1 aliphatic carbocycles. The van der Waals surface area contributed by atoms with Crippen molar-refractivity contribution in [1.29, 1.82) is 0 Å². The molecule has 1 rings (SSSR count). The molecular weight excluding hydrogens is 180 g/mol. The summed E-state index contributed by atoms with van der Waals surface area (Å²) in [6.45, 7) is 3.02. The van der Waals surface area contributed by atoms with Gasteiger partial charge in [-0.1, -0.05) is 19.8 Å². The van der Waals surface area contributed by atoms with Crippen LogP contribution < -0.4 is 0 Å². The summed E-state index contributed by atoms with van der Waals surface area (Å²) in [5.41, 5.74) is 0. The van der Waals surface area contributed by atoms with E-state index in [1.165, 1.54) is 6.42 Å². The minimum absolute atomic E-state index is 0.0331. The molecule has 0 aromatic carbocycles. The highest BCUT2D eigenvalue weighted by atomic mass is 16.6. The Morgan fingerprint density at radius 1 is 1.29 bits per heavy atom. The van der Waals surface area contributed by atoms with Crippen molar-refractivity contribution >= 4 is 5.97 Å². The summed E-state index contributed by atoms with van der Waals surface area (Å²) in [4.78, 5) is 11.6. The summed E-state index contributed by atoms with van der Waals surface area (Å²) in [6, 6.07) is 0. The molecule has 3 nitrogen and oxygen atoms in total. The minimum atomic E-state index is -0.0331. The summed E-state index contributed by atoms with van der Waals surface area (Å²) in [5.74, 6) is 0.577. The number of rotatable bonds is 4. The number of methoxy groups -OCH3 is 1. The van der Waals surface area contributed by atoms with Crippen LogP contribution in [0.2, 0.25) is 0 Å². The van der Waals surface area contributed by atoms with E-state index in [1.54, 1.807) is 7.11 Å². The molecule has 1 saturated carbocycles. The number of esters is 1. The van der Waals surface area contributed by atoms with Crippen LogP contribution in [0.25, 0.3) is 0 Å². The van der Waals surface area contributed by atoms with E-state index in [0.717, 1.165) is 19.3 Å². The fourth-order valence-electron chi connectivity index (χ4n) is 2.00. The van der Waals surface area contributed by atoms with Gasteiger partial charge in [0.1, 0.15) is 6.61 Å². The maximum atomic E-state index is 11.6. The molecule has 0 aromatic heterocycles. The summed E-state index contributed by atoms with van der Waals surface area (Å²) in [7, 11) is 1.61. The Morgan fingerprint density at radius 3 is 2.64 bits per heavy atom. The van der Waals surface area contributed by atoms with Crippen molar-refractivity contribution < 1.29 is 14.3 Å². The van der Waals surface area contributed by atoms with E-state index in [4.69, 9.17) is 9.47 Å². The maximum absolute atomic E-state index is 11.6. The van der Waals surface area contributed by atoms with Crippen molar-refractivity contribution in [2.24, 2.45) is 11.8 Å². The van der Waals surface area contributed by atoms with Crippen LogP contribution in [0.15, 0.2) is 0 Å². The van der Waals surface area contributed by atoms with Gasteiger partial charge < -0.3 is 9.47 Å². The SMILES string of the molecule is COCCOC(=O)C1CCCCC1C. The van der Waals surface area contributed by atoms with Gasteiger partial charge in [-0.25, -0.2) is 0 Å². The smallest absolute Gasteiger partial charge is 0.309 e. The van der Waals surface area contributed by atoms with Crippen LogP contribution in [0.3, 0.4) is 0 Å². The number of hydrogen-bond acceptors (Lipinski definition) is 3. The van der Waals surface area contributed by atoms with Gasteiger partial charge in [0.05, 0.1) is 12.5 Å². The highest BCUT2D eigenvalue weighted by Gasteiger charge is 2.28. The third-order valence-electron chi connectivity index (χ3n) is 2.95. The first-order valence-electron chi connectivity index (χ1n) is 5.41. The highest BCUT2D eigenvalue weighted by molar-refractivity contribution is 5.72. The molecule has 3 heteroatoms. The average Bonchev–Trinajstić information content (AvgIpc) is 2.18. The zero-order valence-corrected chi connectivity index (χ0v) is 9.12. The fourth-order valence-corrected chi connectivity index (χ4v) is 2.00. The second kappa shape index (κ2) is 6.02. The number of carbonyl (C=O) groups excluding carboxylic acids is 1. The fraction of sp³-hybridized carbons (Fsp3) is 0.909. The Labute approximate surface area is 85.8 Å². The van der Waals surface area contributed by atoms with Gasteiger partial charge in [-0.3, -0.25) is 4.79 Å². The first kappa shape index (κ1) is 11.5. The molecule has 82 valence electrons. The maximum Gasteiger partial charge on any atom is 0.309 e. The van der Waals surface area contributed by atoms with Crippen LogP contribution in [0, 0.1) is 11.8 Å². The lowest BCUT2D eigenvalue weighted by Crippen LogP contribution is -2.27. The van der Waals surface area contributed by atoms with Crippen molar-refractivity contribution in [3.05, 3.63) is 0 Å². The van der Waals surface area contributed by atoms with Crippen molar-refractivity contribution in [2.45, 2.75) is 32.6 Å². The van der Waals surface area contributed by atoms with E-state index < -0.39 is 0 Å². The Kier molecular flexibility index (Phi) is 4.94. The Bertz CT molecular complexity index is 179. The zero-order chi connectivity index (χ0) is 10.4. The molecule has 0 amide bonds. The molecule has 0 spiro atoms.